The molecule has 0 atom stereocenters. The van der Waals surface area contributed by atoms with Gasteiger partial charge in [-0.3, -0.25) is 24.9 Å². The molecule has 1 aliphatic heterocycles. The van der Waals surface area contributed by atoms with E-state index in [1.165, 1.54) is 11.8 Å². The van der Waals surface area contributed by atoms with Gasteiger partial charge < -0.3 is 14.9 Å². The Morgan fingerprint density at radius 1 is 0.925 bits per heavy atom. The van der Waals surface area contributed by atoms with Crippen molar-refractivity contribution in [3.8, 4) is 0 Å². The monoisotopic (exact) mass is 581 g/mol. The van der Waals surface area contributed by atoms with Crippen LogP contribution in [0.3, 0.4) is 0 Å². The number of benzene rings is 2. The SMILES string of the molecule is CS(=O)(=O)O.Cn1cc(C2=C(c3cn(CCCCCSC(=N)N)c4ccccc34)C(=O)NC2=O)c2ccccc21. The van der Waals surface area contributed by atoms with Crippen LogP contribution >= 0.6 is 11.8 Å². The molecule has 5 N–H and O–H groups in total. The molecule has 5 rings (SSSR count). The smallest absolute Gasteiger partial charge is 0.261 e. The number of nitrogens with one attached hydrogen (secondary N) is 2. The maximum atomic E-state index is 13.1. The van der Waals surface area contributed by atoms with Crippen molar-refractivity contribution >= 4 is 71.8 Å². The number of aryl methyl sites for hydroxylation is 2. The maximum absolute atomic E-state index is 13.1. The van der Waals surface area contributed by atoms with Crippen LogP contribution in [0, 0.1) is 5.41 Å². The first kappa shape index (κ1) is 29.1. The fraction of sp³-hybridized carbons (Fsp3) is 0.250. The van der Waals surface area contributed by atoms with Crippen LogP contribution in [0.25, 0.3) is 33.0 Å². The lowest BCUT2D eigenvalue weighted by atomic mass is 9.95. The highest BCUT2D eigenvalue weighted by Crippen LogP contribution is 2.38. The first-order valence-corrected chi connectivity index (χ1v) is 15.4. The number of nitrogens with zero attached hydrogens (tertiary/aromatic N) is 2. The molecule has 0 bridgehead atoms. The van der Waals surface area contributed by atoms with Gasteiger partial charge in [-0.25, -0.2) is 0 Å². The number of thioether (sulfide) groups is 1. The molecule has 2 aromatic heterocycles. The van der Waals surface area contributed by atoms with Crippen molar-refractivity contribution in [3.63, 3.8) is 0 Å². The number of imide groups is 1. The number of fused-ring (bicyclic) bond motifs is 2. The van der Waals surface area contributed by atoms with Crippen LogP contribution in [0.4, 0.5) is 0 Å². The normalized spacial score (nSPS) is 13.6. The van der Waals surface area contributed by atoms with Crippen LogP contribution in [0.2, 0.25) is 0 Å². The summed E-state index contributed by atoms with van der Waals surface area (Å²) in [7, 11) is -1.72. The molecular weight excluding hydrogens is 550 g/mol. The van der Waals surface area contributed by atoms with Crippen molar-refractivity contribution < 1.29 is 22.6 Å². The average molecular weight is 582 g/mol. The average Bonchev–Trinajstić information content (AvgIpc) is 3.50. The Morgan fingerprint density at radius 3 is 2.05 bits per heavy atom. The maximum Gasteiger partial charge on any atom is 0.261 e. The molecule has 2 aromatic carbocycles. The van der Waals surface area contributed by atoms with E-state index in [9.17, 15) is 18.0 Å². The third kappa shape index (κ3) is 6.64. The van der Waals surface area contributed by atoms with Crippen LogP contribution in [-0.2, 0) is 33.3 Å². The van der Waals surface area contributed by atoms with E-state index in [1.807, 2.05) is 66.5 Å². The molecule has 10 nitrogen and oxygen atoms in total. The van der Waals surface area contributed by atoms with Crippen molar-refractivity contribution in [2.24, 2.45) is 12.8 Å². The topological polar surface area (TPSA) is 160 Å². The second-order valence-corrected chi connectivity index (χ2v) is 12.1. The Kier molecular flexibility index (Phi) is 8.82. The zero-order valence-corrected chi connectivity index (χ0v) is 23.8. The molecule has 2 amide bonds. The van der Waals surface area contributed by atoms with Gasteiger partial charge in [0, 0.05) is 64.7 Å². The molecule has 0 aliphatic carbocycles. The summed E-state index contributed by atoms with van der Waals surface area (Å²) in [5, 5.41) is 11.9. The van der Waals surface area contributed by atoms with Crippen molar-refractivity contribution in [2.75, 3.05) is 12.0 Å². The standard InChI is InChI=1S/C27H27N5O2S.CH4O3S/c1-31-15-19(17-9-3-5-11-21(17)31)23-24(26(34)30-25(23)33)20-16-32(22-12-6-4-10-18(20)22)13-7-2-8-14-35-27(28)29;1-5(2,3)4/h3-6,9-12,15-16H,2,7-8,13-14H2,1H3,(H3,28,29)(H,30,33,34);1H3,(H,2,3,4). The number of para-hydroxylation sites is 2. The largest absolute Gasteiger partial charge is 0.379 e. The summed E-state index contributed by atoms with van der Waals surface area (Å²) in [5.41, 5.74) is 9.85. The molecule has 0 fully saturated rings. The Bertz CT molecular complexity index is 1740. The number of carbonyl (C=O) groups is 2. The molecule has 0 spiro atoms. The second-order valence-electron chi connectivity index (χ2n) is 9.46. The van der Waals surface area contributed by atoms with Gasteiger partial charge in [0.15, 0.2) is 5.17 Å². The van der Waals surface area contributed by atoms with Crippen molar-refractivity contribution in [2.45, 2.75) is 25.8 Å². The summed E-state index contributed by atoms with van der Waals surface area (Å²) in [6.07, 6.45) is 7.63. The molecule has 12 heteroatoms. The first-order chi connectivity index (χ1) is 19.0. The highest BCUT2D eigenvalue weighted by molar-refractivity contribution is 8.13. The Morgan fingerprint density at radius 2 is 1.45 bits per heavy atom. The first-order valence-electron chi connectivity index (χ1n) is 12.6. The van der Waals surface area contributed by atoms with Crippen LogP contribution in [-0.4, -0.2) is 51.1 Å². The van der Waals surface area contributed by atoms with Crippen LogP contribution in [0.5, 0.6) is 0 Å². The predicted octanol–water partition coefficient (Wildman–Crippen LogP) is 4.00. The number of hydrogen-bond donors (Lipinski definition) is 4. The van der Waals surface area contributed by atoms with Gasteiger partial charge >= 0.3 is 0 Å². The Hall–Kier alpha value is -3.87. The van der Waals surface area contributed by atoms with Gasteiger partial charge in [-0.15, -0.1) is 0 Å². The number of amides is 2. The summed E-state index contributed by atoms with van der Waals surface area (Å²) in [6.45, 7) is 0.803. The van der Waals surface area contributed by atoms with Crippen LogP contribution in [0.15, 0.2) is 60.9 Å². The molecule has 0 unspecified atom stereocenters. The lowest BCUT2D eigenvalue weighted by Gasteiger charge is -2.05. The summed E-state index contributed by atoms with van der Waals surface area (Å²) in [5.74, 6) is 0.125. The molecule has 40 heavy (non-hydrogen) atoms. The minimum atomic E-state index is -3.67. The lowest BCUT2D eigenvalue weighted by molar-refractivity contribution is -0.122. The predicted molar refractivity (Wildman–Crippen MR) is 161 cm³/mol. The van der Waals surface area contributed by atoms with Gasteiger partial charge in [0.1, 0.15) is 0 Å². The molecule has 0 saturated carbocycles. The molecular formula is C28H31N5O5S2. The second kappa shape index (κ2) is 12.1. The highest BCUT2D eigenvalue weighted by atomic mass is 32.2. The van der Waals surface area contributed by atoms with E-state index in [4.69, 9.17) is 15.7 Å². The number of nitrogens with two attached hydrogens (primary N) is 1. The van der Waals surface area contributed by atoms with Crippen LogP contribution in [0.1, 0.15) is 30.4 Å². The number of aromatic nitrogens is 2. The minimum Gasteiger partial charge on any atom is -0.379 e. The molecule has 0 radical (unpaired) electrons. The number of carbonyl (C=O) groups excluding carboxylic acids is 2. The molecule has 210 valence electrons. The summed E-state index contributed by atoms with van der Waals surface area (Å²) in [4.78, 5) is 26.2. The van der Waals surface area contributed by atoms with Gasteiger partial charge in [0.05, 0.1) is 17.4 Å². The number of hydrogen-bond acceptors (Lipinski definition) is 6. The van der Waals surface area contributed by atoms with Gasteiger partial charge in [0.25, 0.3) is 21.9 Å². The van der Waals surface area contributed by atoms with Gasteiger partial charge in [-0.1, -0.05) is 54.6 Å². The van der Waals surface area contributed by atoms with E-state index < -0.39 is 10.1 Å². The minimum absolute atomic E-state index is 0.158. The summed E-state index contributed by atoms with van der Waals surface area (Å²) < 4.78 is 30.0. The van der Waals surface area contributed by atoms with E-state index in [2.05, 4.69) is 16.0 Å². The van der Waals surface area contributed by atoms with Crippen molar-refractivity contribution in [1.82, 2.24) is 14.5 Å². The number of unbranched alkanes of at least 4 members (excludes halogenated alkanes) is 2. The molecule has 0 saturated heterocycles. The van der Waals surface area contributed by atoms with E-state index in [1.54, 1.807) is 0 Å². The molecule has 4 aromatic rings. The van der Waals surface area contributed by atoms with E-state index in [0.717, 1.165) is 64.5 Å². The number of rotatable bonds is 8. The zero-order valence-electron chi connectivity index (χ0n) is 22.2. The molecule has 1 aliphatic rings. The lowest BCUT2D eigenvalue weighted by Crippen LogP contribution is -2.22. The Labute approximate surface area is 236 Å². The third-order valence-electron chi connectivity index (χ3n) is 6.46. The van der Waals surface area contributed by atoms with E-state index in [-0.39, 0.29) is 17.0 Å². The zero-order chi connectivity index (χ0) is 29.0. The fourth-order valence-electron chi connectivity index (χ4n) is 4.88. The third-order valence-corrected chi connectivity index (χ3v) is 7.26. The van der Waals surface area contributed by atoms with E-state index >= 15 is 0 Å². The van der Waals surface area contributed by atoms with Crippen molar-refractivity contribution in [3.05, 3.63) is 72.1 Å². The summed E-state index contributed by atoms with van der Waals surface area (Å²) in [6, 6.07) is 15.9. The van der Waals surface area contributed by atoms with Crippen LogP contribution < -0.4 is 11.1 Å². The quantitative estimate of drug-likeness (QED) is 0.0804. The highest BCUT2D eigenvalue weighted by Gasteiger charge is 2.35. The molecule has 3 heterocycles. The van der Waals surface area contributed by atoms with Crippen molar-refractivity contribution in [1.29, 1.82) is 5.41 Å². The van der Waals surface area contributed by atoms with E-state index in [0.29, 0.717) is 17.4 Å². The van der Waals surface area contributed by atoms with Gasteiger partial charge in [-0.2, -0.15) is 8.42 Å². The summed E-state index contributed by atoms with van der Waals surface area (Å²) >= 11 is 1.37. The fourth-order valence-corrected chi connectivity index (χ4v) is 5.45. The number of amidine groups is 1. The van der Waals surface area contributed by atoms with Gasteiger partial charge in [-0.05, 0) is 25.0 Å². The van der Waals surface area contributed by atoms with Gasteiger partial charge in [0.2, 0.25) is 0 Å². The Balaban J connectivity index is 0.000000681.